The van der Waals surface area contributed by atoms with Crippen molar-refractivity contribution >= 4 is 39.5 Å². The summed E-state index contributed by atoms with van der Waals surface area (Å²) in [5.41, 5.74) is 0. The molecule has 0 spiro atoms. The third-order valence-electron chi connectivity index (χ3n) is 20.5. The maximum Gasteiger partial charge on any atom is 0.472 e. The predicted octanol–water partition coefficient (Wildman–Crippen LogP) is 26.6. The second kappa shape index (κ2) is 78.3. The highest BCUT2D eigenvalue weighted by Gasteiger charge is 2.30. The third kappa shape index (κ3) is 80.1. The van der Waals surface area contributed by atoms with E-state index in [0.29, 0.717) is 25.7 Å². The van der Waals surface area contributed by atoms with Gasteiger partial charge in [0.05, 0.1) is 26.4 Å². The van der Waals surface area contributed by atoms with Crippen LogP contribution in [0.15, 0.2) is 0 Å². The number of aliphatic hydroxyl groups excluding tert-OH is 1. The first-order valence-electron chi connectivity index (χ1n) is 45.0. The zero-order valence-corrected chi connectivity index (χ0v) is 71.5. The van der Waals surface area contributed by atoms with Gasteiger partial charge in [-0.05, 0) is 37.5 Å². The van der Waals surface area contributed by atoms with Crippen LogP contribution >= 0.6 is 15.6 Å². The van der Waals surface area contributed by atoms with Crippen molar-refractivity contribution in [3.8, 4) is 0 Å². The molecule has 0 bridgehead atoms. The minimum Gasteiger partial charge on any atom is -0.462 e. The molecule has 2 unspecified atom stereocenters. The molecule has 0 aliphatic heterocycles. The molecule has 0 radical (unpaired) electrons. The van der Waals surface area contributed by atoms with Crippen LogP contribution in [0.4, 0.5) is 0 Å². The summed E-state index contributed by atoms with van der Waals surface area (Å²) in [7, 11) is -9.93. The van der Waals surface area contributed by atoms with Gasteiger partial charge < -0.3 is 33.8 Å². The molecule has 17 nitrogen and oxygen atoms in total. The summed E-state index contributed by atoms with van der Waals surface area (Å²) in [4.78, 5) is 73.3. The number of carbonyl (C=O) groups excluding carboxylic acids is 4. The second-order valence-electron chi connectivity index (χ2n) is 32.2. The van der Waals surface area contributed by atoms with Crippen molar-refractivity contribution in [2.75, 3.05) is 39.6 Å². The molecule has 0 saturated carbocycles. The first-order chi connectivity index (χ1) is 51.4. The van der Waals surface area contributed by atoms with E-state index >= 15 is 0 Å². The highest BCUT2D eigenvalue weighted by Crippen LogP contribution is 2.45. The first kappa shape index (κ1) is 104. The fourth-order valence-corrected chi connectivity index (χ4v) is 15.2. The van der Waals surface area contributed by atoms with Crippen molar-refractivity contribution in [3.63, 3.8) is 0 Å². The highest BCUT2D eigenvalue weighted by molar-refractivity contribution is 7.47. The van der Waals surface area contributed by atoms with E-state index in [2.05, 4.69) is 41.5 Å². The minimum atomic E-state index is -4.97. The molecule has 0 amide bonds. The molecule has 0 rings (SSSR count). The number of aliphatic hydroxyl groups is 1. The van der Waals surface area contributed by atoms with Gasteiger partial charge in [-0.3, -0.25) is 37.3 Å². The van der Waals surface area contributed by atoms with E-state index in [4.69, 9.17) is 37.0 Å². The third-order valence-corrected chi connectivity index (χ3v) is 22.4. The molecule has 0 fully saturated rings. The Labute approximate surface area is 651 Å². The SMILES string of the molecule is CCCCCCCCCCCCCCCCCCCC(=O)OC[C@H](COP(=O)(O)OC[C@@H](O)COP(=O)(O)OC[C@@H](COC(=O)CCCCCCCCCCC(C)C)OC(=O)CCCCCCCCCCCCCCCCCCC)OC(=O)CCCCCCCCCCCCCCCCCCCCC(C)C. The number of unbranched alkanes of at least 4 members (excludes halogenated alkanes) is 56. The van der Waals surface area contributed by atoms with Crippen LogP contribution in [-0.4, -0.2) is 96.7 Å². The molecule has 0 saturated heterocycles. The average molecular weight is 1550 g/mol. The minimum absolute atomic E-state index is 0.108. The number of ether oxygens (including phenoxy) is 4. The topological polar surface area (TPSA) is 237 Å². The van der Waals surface area contributed by atoms with Crippen LogP contribution in [0.3, 0.4) is 0 Å². The summed E-state index contributed by atoms with van der Waals surface area (Å²) in [6, 6.07) is 0. The molecule has 0 aliphatic rings. The summed E-state index contributed by atoms with van der Waals surface area (Å²) in [5, 5.41) is 10.7. The highest BCUT2D eigenvalue weighted by atomic mass is 31.2. The van der Waals surface area contributed by atoms with Crippen LogP contribution in [0, 0.1) is 11.8 Å². The fourth-order valence-electron chi connectivity index (χ4n) is 13.6. The van der Waals surface area contributed by atoms with Gasteiger partial charge >= 0.3 is 39.5 Å². The van der Waals surface area contributed by atoms with Gasteiger partial charge in [0.1, 0.15) is 19.3 Å². The van der Waals surface area contributed by atoms with Crippen molar-refractivity contribution < 1.29 is 80.2 Å². The molecule has 0 heterocycles. The summed E-state index contributed by atoms with van der Waals surface area (Å²) in [6.07, 6.45) is 70.9. The summed E-state index contributed by atoms with van der Waals surface area (Å²) in [5.74, 6) is -0.553. The lowest BCUT2D eigenvalue weighted by molar-refractivity contribution is -0.161. The quantitative estimate of drug-likeness (QED) is 0.0222. The molecule has 19 heteroatoms. The molecule has 0 aromatic rings. The van der Waals surface area contributed by atoms with Gasteiger partial charge in [0.15, 0.2) is 12.2 Å². The normalized spacial score (nSPS) is 13.8. The number of hydrogen-bond donors (Lipinski definition) is 3. The molecule has 0 aromatic heterocycles. The lowest BCUT2D eigenvalue weighted by Gasteiger charge is -2.21. The predicted molar refractivity (Wildman–Crippen MR) is 437 cm³/mol. The van der Waals surface area contributed by atoms with Crippen molar-refractivity contribution in [2.45, 2.75) is 484 Å². The molecule has 630 valence electrons. The number of carbonyl (C=O) groups is 4. The Hall–Kier alpha value is -1.94. The van der Waals surface area contributed by atoms with E-state index in [1.54, 1.807) is 0 Å². The fraction of sp³-hybridized carbons (Fsp3) is 0.954. The molecular weight excluding hydrogens is 1380 g/mol. The molecule has 0 aromatic carbocycles. The molecular formula is C87H170O17P2. The summed E-state index contributed by atoms with van der Waals surface area (Å²) in [6.45, 7) is 9.68. The maximum atomic E-state index is 13.2. The van der Waals surface area contributed by atoms with Gasteiger partial charge in [0.2, 0.25) is 0 Å². The standard InChI is InChI=1S/C87H170O17P2/c1-7-9-11-13-15-17-19-21-23-27-32-36-40-44-51-57-63-69-84(89)97-75-82(103-86(91)71-66-60-54-46-42-38-34-30-26-25-29-31-35-39-43-49-55-61-67-79(3)4)77-101-105(93,94)99-73-81(88)74-100-106(95,96)102-78-83(76-98-85(90)70-64-58-52-48-47-50-56-62-68-80(5)6)104-87(92)72-65-59-53-45-41-37-33-28-24-22-20-18-16-14-12-10-8-2/h79-83,88H,7-78H2,1-6H3,(H,93,94)(H,95,96)/t81-,82-,83-/m1/s1. The molecule has 0 aliphatic carbocycles. The van der Waals surface area contributed by atoms with Crippen LogP contribution in [0.2, 0.25) is 0 Å². The van der Waals surface area contributed by atoms with E-state index in [1.165, 1.54) is 283 Å². The van der Waals surface area contributed by atoms with Crippen LogP contribution in [-0.2, 0) is 65.4 Å². The lowest BCUT2D eigenvalue weighted by atomic mass is 10.0. The number of phosphoric acid groups is 2. The summed E-state index contributed by atoms with van der Waals surface area (Å²) >= 11 is 0. The average Bonchev–Trinajstić information content (AvgIpc) is 0.902. The van der Waals surface area contributed by atoms with E-state index < -0.39 is 97.5 Å². The van der Waals surface area contributed by atoms with Crippen molar-refractivity contribution in [3.05, 3.63) is 0 Å². The van der Waals surface area contributed by atoms with Gasteiger partial charge in [-0.1, -0.05) is 414 Å². The van der Waals surface area contributed by atoms with Gasteiger partial charge in [-0.15, -0.1) is 0 Å². The van der Waals surface area contributed by atoms with Gasteiger partial charge in [0.25, 0.3) is 0 Å². The lowest BCUT2D eigenvalue weighted by Crippen LogP contribution is -2.30. The maximum absolute atomic E-state index is 13.2. The Bertz CT molecular complexity index is 2030. The Morgan fingerprint density at radius 2 is 0.434 bits per heavy atom. The van der Waals surface area contributed by atoms with Gasteiger partial charge in [-0.2, -0.15) is 0 Å². The Morgan fingerprint density at radius 3 is 0.642 bits per heavy atom. The monoisotopic (exact) mass is 1550 g/mol. The Kier molecular flexibility index (Phi) is 76.9. The van der Waals surface area contributed by atoms with Crippen molar-refractivity contribution in [2.24, 2.45) is 11.8 Å². The van der Waals surface area contributed by atoms with Crippen LogP contribution in [0.1, 0.15) is 465 Å². The van der Waals surface area contributed by atoms with E-state index in [1.807, 2.05) is 0 Å². The van der Waals surface area contributed by atoms with Gasteiger partial charge in [-0.25, -0.2) is 9.13 Å². The Balaban J connectivity index is 5.24. The van der Waals surface area contributed by atoms with Crippen LogP contribution in [0.5, 0.6) is 0 Å². The van der Waals surface area contributed by atoms with Crippen LogP contribution < -0.4 is 0 Å². The van der Waals surface area contributed by atoms with E-state index in [0.717, 1.165) is 102 Å². The van der Waals surface area contributed by atoms with Crippen LogP contribution in [0.25, 0.3) is 0 Å². The number of phosphoric ester groups is 2. The molecule has 5 atom stereocenters. The number of esters is 4. The van der Waals surface area contributed by atoms with E-state index in [-0.39, 0.29) is 25.7 Å². The molecule has 106 heavy (non-hydrogen) atoms. The largest absolute Gasteiger partial charge is 0.472 e. The second-order valence-corrected chi connectivity index (χ2v) is 35.1. The zero-order valence-electron chi connectivity index (χ0n) is 69.7. The van der Waals surface area contributed by atoms with Crippen molar-refractivity contribution in [1.29, 1.82) is 0 Å². The first-order valence-corrected chi connectivity index (χ1v) is 48.0. The van der Waals surface area contributed by atoms with Crippen molar-refractivity contribution in [1.82, 2.24) is 0 Å². The van der Waals surface area contributed by atoms with Gasteiger partial charge in [0, 0.05) is 25.7 Å². The number of rotatable bonds is 86. The number of hydrogen-bond acceptors (Lipinski definition) is 15. The smallest absolute Gasteiger partial charge is 0.462 e. The molecule has 3 N–H and O–H groups in total. The van der Waals surface area contributed by atoms with E-state index in [9.17, 15) is 43.2 Å². The zero-order chi connectivity index (χ0) is 77.8. The Morgan fingerprint density at radius 1 is 0.255 bits per heavy atom. The summed E-state index contributed by atoms with van der Waals surface area (Å²) < 4.78 is 68.9.